The van der Waals surface area contributed by atoms with Crippen LogP contribution in [0.2, 0.25) is 0 Å². The number of alkyl halides is 3. The zero-order valence-electron chi connectivity index (χ0n) is 12.6. The summed E-state index contributed by atoms with van der Waals surface area (Å²) >= 11 is 0. The Morgan fingerprint density at radius 2 is 1.92 bits per heavy atom. The summed E-state index contributed by atoms with van der Waals surface area (Å²) in [6.07, 6.45) is -4.83. The van der Waals surface area contributed by atoms with Crippen LogP contribution >= 0.6 is 0 Å². The summed E-state index contributed by atoms with van der Waals surface area (Å²) in [5.74, 6) is -0.784. The van der Waals surface area contributed by atoms with Gasteiger partial charge in [0.05, 0.1) is 12.7 Å². The predicted molar refractivity (Wildman–Crippen MR) is 80.3 cm³/mol. The van der Waals surface area contributed by atoms with Crippen molar-refractivity contribution in [2.75, 3.05) is 12.4 Å². The van der Waals surface area contributed by atoms with Gasteiger partial charge in [0.25, 0.3) is 0 Å². The Bertz CT molecular complexity index is 732. The normalized spacial score (nSPS) is 11.0. The van der Waals surface area contributed by atoms with Gasteiger partial charge >= 0.3 is 12.2 Å². The van der Waals surface area contributed by atoms with Crippen molar-refractivity contribution in [2.45, 2.75) is 12.7 Å². The minimum atomic E-state index is -4.83. The molecule has 2 aromatic rings. The first-order chi connectivity index (χ1) is 11.3. The third-order valence-electron chi connectivity index (χ3n) is 3.12. The molecular formula is C16H14F4N2O2. The summed E-state index contributed by atoms with van der Waals surface area (Å²) in [5.41, 5.74) is -0.848. The Kier molecular flexibility index (Phi) is 5.28. The SMILES string of the molecule is COc1cccc(CNC(=O)Nc2ccc(F)c(C(F)(F)F)c2)c1. The lowest BCUT2D eigenvalue weighted by atomic mass is 10.2. The smallest absolute Gasteiger partial charge is 0.419 e. The molecule has 0 atom stereocenters. The molecule has 2 aromatic carbocycles. The molecule has 0 heterocycles. The van der Waals surface area contributed by atoms with Crippen LogP contribution < -0.4 is 15.4 Å². The number of hydrogen-bond acceptors (Lipinski definition) is 2. The number of urea groups is 1. The zero-order valence-corrected chi connectivity index (χ0v) is 12.6. The Morgan fingerprint density at radius 1 is 1.17 bits per heavy atom. The van der Waals surface area contributed by atoms with E-state index in [1.807, 2.05) is 0 Å². The Morgan fingerprint density at radius 3 is 2.58 bits per heavy atom. The molecule has 24 heavy (non-hydrogen) atoms. The predicted octanol–water partition coefficient (Wildman–Crippen LogP) is 4.17. The highest BCUT2D eigenvalue weighted by molar-refractivity contribution is 5.89. The molecule has 128 valence electrons. The lowest BCUT2D eigenvalue weighted by molar-refractivity contribution is -0.139. The second-order valence-corrected chi connectivity index (χ2v) is 4.85. The fourth-order valence-electron chi connectivity index (χ4n) is 1.96. The van der Waals surface area contributed by atoms with E-state index < -0.39 is 23.6 Å². The van der Waals surface area contributed by atoms with Gasteiger partial charge in [-0.15, -0.1) is 0 Å². The second kappa shape index (κ2) is 7.20. The molecule has 0 bridgehead atoms. The van der Waals surface area contributed by atoms with Crippen molar-refractivity contribution >= 4 is 11.7 Å². The van der Waals surface area contributed by atoms with E-state index in [-0.39, 0.29) is 12.2 Å². The molecule has 0 aliphatic carbocycles. The highest BCUT2D eigenvalue weighted by atomic mass is 19.4. The molecular weight excluding hydrogens is 328 g/mol. The average molecular weight is 342 g/mol. The number of methoxy groups -OCH3 is 1. The van der Waals surface area contributed by atoms with E-state index in [0.717, 1.165) is 11.6 Å². The van der Waals surface area contributed by atoms with Crippen molar-refractivity contribution in [3.8, 4) is 5.75 Å². The maximum Gasteiger partial charge on any atom is 0.419 e. The van der Waals surface area contributed by atoms with Crippen molar-refractivity contribution in [2.24, 2.45) is 0 Å². The van der Waals surface area contributed by atoms with Crippen molar-refractivity contribution in [3.05, 3.63) is 59.4 Å². The van der Waals surface area contributed by atoms with Gasteiger partial charge in [-0.05, 0) is 35.9 Å². The van der Waals surface area contributed by atoms with Crippen LogP contribution in [-0.4, -0.2) is 13.1 Å². The largest absolute Gasteiger partial charge is 0.497 e. The quantitative estimate of drug-likeness (QED) is 0.819. The molecule has 4 nitrogen and oxygen atoms in total. The van der Waals surface area contributed by atoms with E-state index in [9.17, 15) is 22.4 Å². The lowest BCUT2D eigenvalue weighted by Crippen LogP contribution is -2.28. The van der Waals surface area contributed by atoms with Crippen molar-refractivity contribution in [1.82, 2.24) is 5.32 Å². The first-order valence-electron chi connectivity index (χ1n) is 6.84. The number of rotatable bonds is 4. The molecule has 0 unspecified atom stereocenters. The number of carbonyl (C=O) groups excluding carboxylic acids is 1. The van der Waals surface area contributed by atoms with E-state index in [4.69, 9.17) is 4.74 Å². The maximum absolute atomic E-state index is 13.2. The first kappa shape index (κ1) is 17.6. The molecule has 2 amide bonds. The number of halogens is 4. The van der Waals surface area contributed by atoms with Gasteiger partial charge in [-0.1, -0.05) is 12.1 Å². The topological polar surface area (TPSA) is 50.4 Å². The molecule has 0 aliphatic rings. The molecule has 0 saturated heterocycles. The lowest BCUT2D eigenvalue weighted by Gasteiger charge is -2.12. The molecule has 0 fully saturated rings. The van der Waals surface area contributed by atoms with E-state index >= 15 is 0 Å². The molecule has 2 rings (SSSR count). The van der Waals surface area contributed by atoms with E-state index in [1.165, 1.54) is 7.11 Å². The highest BCUT2D eigenvalue weighted by Crippen LogP contribution is 2.32. The van der Waals surface area contributed by atoms with Gasteiger partial charge in [0, 0.05) is 12.2 Å². The number of amides is 2. The maximum atomic E-state index is 13.2. The monoisotopic (exact) mass is 342 g/mol. The Balaban J connectivity index is 1.99. The Hall–Kier alpha value is -2.77. The van der Waals surface area contributed by atoms with Crippen LogP contribution in [0.15, 0.2) is 42.5 Å². The third kappa shape index (κ3) is 4.61. The fourth-order valence-corrected chi connectivity index (χ4v) is 1.96. The van der Waals surface area contributed by atoms with Gasteiger partial charge in [0.15, 0.2) is 0 Å². The van der Waals surface area contributed by atoms with Crippen LogP contribution in [0, 0.1) is 5.82 Å². The minimum Gasteiger partial charge on any atom is -0.497 e. The number of carbonyl (C=O) groups is 1. The summed E-state index contributed by atoms with van der Waals surface area (Å²) < 4.78 is 56.1. The van der Waals surface area contributed by atoms with Crippen LogP contribution in [0.3, 0.4) is 0 Å². The Labute approximate surface area is 135 Å². The van der Waals surface area contributed by atoms with E-state index in [1.54, 1.807) is 24.3 Å². The molecule has 0 radical (unpaired) electrons. The number of ether oxygens (including phenoxy) is 1. The van der Waals surface area contributed by atoms with Crippen LogP contribution in [0.5, 0.6) is 5.75 Å². The minimum absolute atomic E-state index is 0.149. The summed E-state index contributed by atoms with van der Waals surface area (Å²) in [5, 5.41) is 4.72. The van der Waals surface area contributed by atoms with Crippen LogP contribution in [0.25, 0.3) is 0 Å². The molecule has 0 saturated carbocycles. The summed E-state index contributed by atoms with van der Waals surface area (Å²) in [6.45, 7) is 0.149. The van der Waals surface area contributed by atoms with E-state index in [2.05, 4.69) is 10.6 Å². The molecule has 0 aliphatic heterocycles. The number of hydrogen-bond donors (Lipinski definition) is 2. The second-order valence-electron chi connectivity index (χ2n) is 4.85. The summed E-state index contributed by atoms with van der Waals surface area (Å²) in [6, 6.07) is 8.47. The molecule has 8 heteroatoms. The van der Waals surface area contributed by atoms with E-state index in [0.29, 0.717) is 17.9 Å². The first-order valence-corrected chi connectivity index (χ1v) is 6.84. The molecule has 2 N–H and O–H groups in total. The third-order valence-corrected chi connectivity index (χ3v) is 3.12. The average Bonchev–Trinajstić information content (AvgIpc) is 2.54. The molecule has 0 spiro atoms. The zero-order chi connectivity index (χ0) is 17.7. The van der Waals surface area contributed by atoms with Gasteiger partial charge in [0.2, 0.25) is 0 Å². The van der Waals surface area contributed by atoms with Crippen LogP contribution in [0.4, 0.5) is 28.0 Å². The van der Waals surface area contributed by atoms with Crippen molar-refractivity contribution < 1.29 is 27.1 Å². The van der Waals surface area contributed by atoms with Crippen molar-refractivity contribution in [3.63, 3.8) is 0 Å². The van der Waals surface area contributed by atoms with Crippen LogP contribution in [0.1, 0.15) is 11.1 Å². The van der Waals surface area contributed by atoms with Gasteiger partial charge in [-0.3, -0.25) is 0 Å². The van der Waals surface area contributed by atoms with Crippen LogP contribution in [-0.2, 0) is 12.7 Å². The van der Waals surface area contributed by atoms with Gasteiger partial charge in [0.1, 0.15) is 11.6 Å². The van der Waals surface area contributed by atoms with Gasteiger partial charge in [-0.2, -0.15) is 13.2 Å². The number of nitrogens with one attached hydrogen (secondary N) is 2. The number of anilines is 1. The molecule has 0 aromatic heterocycles. The van der Waals surface area contributed by atoms with Gasteiger partial charge in [-0.25, -0.2) is 9.18 Å². The standard InChI is InChI=1S/C16H14F4N2O2/c1-24-12-4-2-3-10(7-12)9-21-15(23)22-11-5-6-14(17)13(8-11)16(18,19)20/h2-8H,9H2,1H3,(H2,21,22,23). The van der Waals surface area contributed by atoms with Crippen molar-refractivity contribution in [1.29, 1.82) is 0 Å². The summed E-state index contributed by atoms with van der Waals surface area (Å²) in [4.78, 5) is 11.8. The van der Waals surface area contributed by atoms with Gasteiger partial charge < -0.3 is 15.4 Å². The fraction of sp³-hybridized carbons (Fsp3) is 0.188. The highest BCUT2D eigenvalue weighted by Gasteiger charge is 2.34. The number of benzene rings is 2. The summed E-state index contributed by atoms with van der Waals surface area (Å²) in [7, 11) is 1.51.